The van der Waals surface area contributed by atoms with Gasteiger partial charge in [-0.2, -0.15) is 0 Å². The first-order valence-electron chi connectivity index (χ1n) is 9.01. The normalized spacial score (nSPS) is 12.5. The molecule has 1 heterocycles. The minimum atomic E-state index is -0.384. The second kappa shape index (κ2) is 10.9. The lowest BCUT2D eigenvalue weighted by molar-refractivity contribution is 0.0797. The maximum absolute atomic E-state index is 13.1. The van der Waals surface area contributed by atoms with Gasteiger partial charge in [0.25, 0.3) is 0 Å². The molecule has 5 heteroatoms. The summed E-state index contributed by atoms with van der Waals surface area (Å²) in [4.78, 5) is 2.20. The largest absolute Gasteiger partial charge is 0.392 e. The fourth-order valence-corrected chi connectivity index (χ4v) is 2.92. The summed E-state index contributed by atoms with van der Waals surface area (Å²) in [7, 11) is 1.68. The molecule has 0 aliphatic carbocycles. The van der Waals surface area contributed by atoms with Gasteiger partial charge >= 0.3 is 0 Å². The molecule has 1 N–H and O–H groups in total. The third-order valence-electron chi connectivity index (χ3n) is 4.36. The number of aliphatic hydroxyl groups excluding tert-OH is 1. The van der Waals surface area contributed by atoms with Gasteiger partial charge in [-0.1, -0.05) is 18.2 Å². The van der Waals surface area contributed by atoms with Crippen LogP contribution in [0.4, 0.5) is 4.39 Å². The Kier molecular flexibility index (Phi) is 8.54. The quantitative estimate of drug-likeness (QED) is 0.589. The van der Waals surface area contributed by atoms with E-state index >= 15 is 0 Å². The van der Waals surface area contributed by atoms with Gasteiger partial charge in [0.2, 0.25) is 0 Å². The fourth-order valence-electron chi connectivity index (χ4n) is 2.92. The molecule has 1 aromatic heterocycles. The Morgan fingerprint density at radius 2 is 2.08 bits per heavy atom. The van der Waals surface area contributed by atoms with Gasteiger partial charge in [0.05, 0.1) is 12.7 Å². The van der Waals surface area contributed by atoms with Crippen molar-refractivity contribution in [3.05, 3.63) is 72.3 Å². The van der Waals surface area contributed by atoms with Crippen molar-refractivity contribution in [3.63, 3.8) is 0 Å². The Bertz CT molecular complexity index is 654. The zero-order valence-corrected chi connectivity index (χ0v) is 15.5. The second-order valence-electron chi connectivity index (χ2n) is 6.50. The molecule has 0 saturated carbocycles. The van der Waals surface area contributed by atoms with Crippen LogP contribution in [0.3, 0.4) is 0 Å². The van der Waals surface area contributed by atoms with E-state index in [0.29, 0.717) is 26.1 Å². The molecule has 0 aliphatic heterocycles. The summed E-state index contributed by atoms with van der Waals surface area (Å²) in [6.07, 6.45) is 4.99. The second-order valence-corrected chi connectivity index (χ2v) is 6.50. The lowest BCUT2D eigenvalue weighted by Crippen LogP contribution is -2.35. The lowest BCUT2D eigenvalue weighted by Gasteiger charge is -2.25. The first kappa shape index (κ1) is 20.4. The molecule has 0 bridgehead atoms. The van der Waals surface area contributed by atoms with Crippen LogP contribution in [-0.4, -0.2) is 47.5 Å². The highest BCUT2D eigenvalue weighted by atomic mass is 19.1. The van der Waals surface area contributed by atoms with Crippen LogP contribution in [-0.2, 0) is 17.8 Å². The van der Waals surface area contributed by atoms with E-state index in [2.05, 4.69) is 22.1 Å². The van der Waals surface area contributed by atoms with Crippen LogP contribution in [0.5, 0.6) is 0 Å². The van der Waals surface area contributed by atoms with Gasteiger partial charge in [-0.15, -0.1) is 6.58 Å². The highest BCUT2D eigenvalue weighted by Crippen LogP contribution is 2.12. The van der Waals surface area contributed by atoms with E-state index in [1.165, 1.54) is 12.1 Å². The van der Waals surface area contributed by atoms with Crippen molar-refractivity contribution >= 4 is 0 Å². The molecule has 0 amide bonds. The molecule has 142 valence electrons. The highest BCUT2D eigenvalue weighted by Gasteiger charge is 2.14. The Balaban J connectivity index is 2.01. The van der Waals surface area contributed by atoms with Gasteiger partial charge in [0.1, 0.15) is 5.82 Å². The molecule has 2 aromatic rings. The smallest absolute Gasteiger partial charge is 0.123 e. The van der Waals surface area contributed by atoms with Crippen LogP contribution in [0.1, 0.15) is 24.1 Å². The van der Waals surface area contributed by atoms with Crippen molar-refractivity contribution in [2.75, 3.05) is 26.8 Å². The number of allylic oxidation sites excluding steroid dienone is 1. The molecule has 0 saturated heterocycles. The van der Waals surface area contributed by atoms with Gasteiger partial charge in [-0.05, 0) is 42.7 Å². The Hall–Kier alpha value is -1.95. The monoisotopic (exact) mass is 360 g/mol. The number of nitrogens with zero attached hydrogens (tertiary/aromatic N) is 2. The molecule has 4 nitrogen and oxygen atoms in total. The van der Waals surface area contributed by atoms with Gasteiger partial charge in [0.15, 0.2) is 0 Å². The third-order valence-corrected chi connectivity index (χ3v) is 4.36. The molecule has 1 unspecified atom stereocenters. The zero-order valence-electron chi connectivity index (χ0n) is 15.5. The first-order chi connectivity index (χ1) is 12.6. The molecule has 0 spiro atoms. The number of ether oxygens (including phenoxy) is 1. The Labute approximate surface area is 155 Å². The average molecular weight is 360 g/mol. The number of rotatable bonds is 12. The minimum Gasteiger partial charge on any atom is -0.392 e. The molecule has 1 atom stereocenters. The summed E-state index contributed by atoms with van der Waals surface area (Å²) in [6.45, 7) is 7.09. The van der Waals surface area contributed by atoms with E-state index in [-0.39, 0.29) is 11.9 Å². The highest BCUT2D eigenvalue weighted by molar-refractivity contribution is 5.18. The van der Waals surface area contributed by atoms with Crippen LogP contribution in [0.2, 0.25) is 0 Å². The predicted octanol–water partition coefficient (Wildman–Crippen LogP) is 3.45. The van der Waals surface area contributed by atoms with Crippen molar-refractivity contribution in [1.82, 2.24) is 9.47 Å². The first-order valence-corrected chi connectivity index (χ1v) is 9.01. The molecule has 1 aromatic carbocycles. The van der Waals surface area contributed by atoms with E-state index in [9.17, 15) is 9.50 Å². The van der Waals surface area contributed by atoms with Gasteiger partial charge in [-0.3, -0.25) is 4.90 Å². The van der Waals surface area contributed by atoms with E-state index in [4.69, 9.17) is 4.74 Å². The maximum Gasteiger partial charge on any atom is 0.123 e. The van der Waals surface area contributed by atoms with Crippen molar-refractivity contribution in [3.8, 4) is 0 Å². The summed E-state index contributed by atoms with van der Waals surface area (Å²) >= 11 is 0. The maximum atomic E-state index is 13.1. The molecular weight excluding hydrogens is 331 g/mol. The summed E-state index contributed by atoms with van der Waals surface area (Å²) < 4.78 is 20.5. The van der Waals surface area contributed by atoms with Crippen LogP contribution in [0.25, 0.3) is 0 Å². The van der Waals surface area contributed by atoms with E-state index < -0.39 is 0 Å². The van der Waals surface area contributed by atoms with Crippen LogP contribution >= 0.6 is 0 Å². The van der Waals surface area contributed by atoms with Crippen LogP contribution < -0.4 is 0 Å². The molecule has 0 aliphatic rings. The van der Waals surface area contributed by atoms with Gasteiger partial charge in [0, 0.05) is 45.2 Å². The lowest BCUT2D eigenvalue weighted by atomic mass is 10.2. The number of hydrogen-bond acceptors (Lipinski definition) is 3. The van der Waals surface area contributed by atoms with Crippen molar-refractivity contribution < 1.29 is 14.2 Å². The molecular formula is C21H29FN2O2. The summed E-state index contributed by atoms with van der Waals surface area (Å²) in [5, 5.41) is 10.2. The number of halogens is 1. The van der Waals surface area contributed by atoms with Gasteiger partial charge in [-0.25, -0.2) is 4.39 Å². The zero-order chi connectivity index (χ0) is 18.8. The topological polar surface area (TPSA) is 37.6 Å². The summed E-state index contributed by atoms with van der Waals surface area (Å²) in [6, 6.07) is 10.7. The van der Waals surface area contributed by atoms with E-state index in [1.807, 2.05) is 18.3 Å². The Morgan fingerprint density at radius 1 is 1.31 bits per heavy atom. The van der Waals surface area contributed by atoms with Crippen LogP contribution in [0.15, 0.2) is 55.3 Å². The number of aliphatic hydroxyl groups is 1. The van der Waals surface area contributed by atoms with Crippen molar-refractivity contribution in [2.45, 2.75) is 32.0 Å². The minimum absolute atomic E-state index is 0.222. The fraction of sp³-hybridized carbons (Fsp3) is 0.429. The molecule has 0 fully saturated rings. The number of methoxy groups -OCH3 is 1. The predicted molar refractivity (Wildman–Crippen MR) is 103 cm³/mol. The third kappa shape index (κ3) is 6.75. The summed E-state index contributed by atoms with van der Waals surface area (Å²) in [5.41, 5.74) is 2.21. The molecule has 2 rings (SSSR count). The average Bonchev–Trinajstić information content (AvgIpc) is 3.06. The summed E-state index contributed by atoms with van der Waals surface area (Å²) in [5.74, 6) is -0.222. The van der Waals surface area contributed by atoms with Gasteiger partial charge < -0.3 is 14.4 Å². The van der Waals surface area contributed by atoms with Crippen LogP contribution in [0, 0.1) is 5.82 Å². The molecule has 26 heavy (non-hydrogen) atoms. The number of aromatic nitrogens is 1. The Morgan fingerprint density at radius 3 is 2.77 bits per heavy atom. The molecule has 0 radical (unpaired) electrons. The standard InChI is InChI=1S/C21H29FN2O2/c1-3-4-7-21(25)17-23(13-14-26-2)16-20-6-5-12-24(20)15-18-8-10-19(22)11-9-18/h3,5-6,8-12,21,25H,1,4,7,13-17H2,2H3. The SMILES string of the molecule is C=CCCC(O)CN(CCOC)Cc1cccn1Cc1ccc(F)cc1. The van der Waals surface area contributed by atoms with Crippen molar-refractivity contribution in [2.24, 2.45) is 0 Å². The van der Waals surface area contributed by atoms with Crippen molar-refractivity contribution in [1.29, 1.82) is 0 Å². The van der Waals surface area contributed by atoms with E-state index in [1.54, 1.807) is 19.2 Å². The van der Waals surface area contributed by atoms with E-state index in [0.717, 1.165) is 30.8 Å². The number of benzene rings is 1. The number of hydrogen-bond donors (Lipinski definition) is 1.